The van der Waals surface area contributed by atoms with Crippen molar-refractivity contribution >= 4 is 23.1 Å². The monoisotopic (exact) mass is 283 g/mol. The molecule has 1 amide bonds. The van der Waals surface area contributed by atoms with Crippen molar-refractivity contribution in [3.8, 4) is 0 Å². The van der Waals surface area contributed by atoms with E-state index in [0.717, 1.165) is 0 Å². The third-order valence-electron chi connectivity index (χ3n) is 2.94. The highest BCUT2D eigenvalue weighted by Gasteiger charge is 2.51. The van der Waals surface area contributed by atoms with Crippen LogP contribution in [-0.4, -0.2) is 36.1 Å². The molecular weight excluding hydrogens is 266 g/mol. The first-order chi connectivity index (χ1) is 8.75. The van der Waals surface area contributed by atoms with Gasteiger partial charge in [0.1, 0.15) is 22.2 Å². The van der Waals surface area contributed by atoms with Gasteiger partial charge < -0.3 is 5.73 Å². The third kappa shape index (κ3) is 2.73. The molecule has 1 aromatic rings. The molecule has 1 aliphatic rings. The minimum absolute atomic E-state index is 0.404. The van der Waals surface area contributed by atoms with Gasteiger partial charge in [-0.15, -0.1) is 5.10 Å². The van der Waals surface area contributed by atoms with Crippen LogP contribution >= 0.6 is 0 Å². The van der Waals surface area contributed by atoms with Crippen LogP contribution in [0.1, 0.15) is 39.3 Å². The molecule has 2 N–H and O–H groups in total. The average Bonchev–Trinajstić information content (AvgIpc) is 2.99. The van der Waals surface area contributed by atoms with Crippen LogP contribution in [0.3, 0.4) is 0 Å². The fraction of sp³-hybridized carbons (Fsp3) is 0.636. The Balaban J connectivity index is 2.13. The molecule has 0 aromatic carbocycles. The van der Waals surface area contributed by atoms with Crippen LogP contribution in [0.25, 0.3) is 0 Å². The second kappa shape index (κ2) is 4.52. The molecule has 8 heteroatoms. The van der Waals surface area contributed by atoms with Gasteiger partial charge in [-0.1, -0.05) is 5.21 Å². The third-order valence-corrected chi connectivity index (χ3v) is 4.28. The Hall–Kier alpha value is -1.57. The van der Waals surface area contributed by atoms with Gasteiger partial charge in [0, 0.05) is 0 Å². The van der Waals surface area contributed by atoms with Crippen LogP contribution < -0.4 is 5.73 Å². The van der Waals surface area contributed by atoms with Crippen LogP contribution in [0.5, 0.6) is 0 Å². The van der Waals surface area contributed by atoms with E-state index in [-0.39, 0.29) is 0 Å². The van der Waals surface area contributed by atoms with Crippen LogP contribution in [0.2, 0.25) is 0 Å². The largest absolute Gasteiger partial charge is 0.368 e. The lowest BCUT2D eigenvalue weighted by molar-refractivity contribution is -0.122. The standard InChI is InChI=1S/C11H17N5O2S/c1-10(2,3)19(18)13-6-8-7-16(15-14-8)11(4-5-11)9(12)17/h6-7H,4-5H2,1-3H3,(H2,12,17). The van der Waals surface area contributed by atoms with Gasteiger partial charge in [-0.25, -0.2) is 8.89 Å². The van der Waals surface area contributed by atoms with Gasteiger partial charge in [-0.05, 0) is 33.6 Å². The van der Waals surface area contributed by atoms with Crippen LogP contribution in [-0.2, 0) is 21.3 Å². The van der Waals surface area contributed by atoms with Crippen molar-refractivity contribution < 1.29 is 9.00 Å². The SMILES string of the molecule is CC(C)(C)S(=O)N=Cc1cn(C2(C(N)=O)CC2)nn1. The van der Waals surface area contributed by atoms with Gasteiger partial charge in [0.2, 0.25) is 5.91 Å². The zero-order valence-corrected chi connectivity index (χ0v) is 12.0. The summed E-state index contributed by atoms with van der Waals surface area (Å²) in [4.78, 5) is 11.3. The average molecular weight is 283 g/mol. The number of carbonyl (C=O) groups excluding carboxylic acids is 1. The predicted octanol–water partition coefficient (Wildman–Crippen LogP) is 0.134. The molecule has 0 spiro atoms. The van der Waals surface area contributed by atoms with Crippen molar-refractivity contribution in [3.63, 3.8) is 0 Å². The Labute approximate surface area is 113 Å². The van der Waals surface area contributed by atoms with Crippen LogP contribution in [0.15, 0.2) is 10.6 Å². The molecule has 1 aliphatic carbocycles. The van der Waals surface area contributed by atoms with E-state index in [2.05, 4.69) is 14.7 Å². The number of carbonyl (C=O) groups is 1. The zero-order chi connectivity index (χ0) is 14.3. The number of primary amides is 1. The summed E-state index contributed by atoms with van der Waals surface area (Å²) < 4.78 is 16.7. The van der Waals surface area contributed by atoms with Gasteiger partial charge in [0.25, 0.3) is 0 Å². The minimum atomic E-state index is -1.34. The first-order valence-electron chi connectivity index (χ1n) is 5.94. The molecule has 7 nitrogen and oxygen atoms in total. The maximum Gasteiger partial charge on any atom is 0.245 e. The molecule has 1 heterocycles. The predicted molar refractivity (Wildman–Crippen MR) is 71.9 cm³/mol. The summed E-state index contributed by atoms with van der Waals surface area (Å²) in [5, 5.41) is 7.77. The van der Waals surface area contributed by atoms with E-state index < -0.39 is 27.2 Å². The van der Waals surface area contributed by atoms with Crippen molar-refractivity contribution in [2.75, 3.05) is 0 Å². The highest BCUT2D eigenvalue weighted by atomic mass is 32.2. The Morgan fingerprint density at radius 3 is 2.68 bits per heavy atom. The number of hydrogen-bond acceptors (Lipinski definition) is 4. The zero-order valence-electron chi connectivity index (χ0n) is 11.2. The van der Waals surface area contributed by atoms with Crippen molar-refractivity contribution in [1.82, 2.24) is 15.0 Å². The van der Waals surface area contributed by atoms with E-state index in [1.807, 2.05) is 20.8 Å². The fourth-order valence-electron chi connectivity index (χ4n) is 1.51. The molecule has 0 bridgehead atoms. The van der Waals surface area contributed by atoms with Crippen molar-refractivity contribution in [1.29, 1.82) is 0 Å². The van der Waals surface area contributed by atoms with E-state index in [1.54, 1.807) is 6.20 Å². The maximum absolute atomic E-state index is 11.7. The minimum Gasteiger partial charge on any atom is -0.368 e. The Morgan fingerprint density at radius 2 is 2.21 bits per heavy atom. The van der Waals surface area contributed by atoms with Crippen molar-refractivity contribution in [2.24, 2.45) is 10.1 Å². The number of aromatic nitrogens is 3. The number of nitrogens with two attached hydrogens (primary N) is 1. The second-order valence-corrected chi connectivity index (χ2v) is 7.51. The van der Waals surface area contributed by atoms with Crippen LogP contribution in [0, 0.1) is 0 Å². The molecule has 0 radical (unpaired) electrons. The van der Waals surface area contributed by atoms with E-state index in [9.17, 15) is 9.00 Å². The van der Waals surface area contributed by atoms with E-state index in [1.165, 1.54) is 10.9 Å². The number of rotatable bonds is 4. The van der Waals surface area contributed by atoms with Gasteiger partial charge in [-0.2, -0.15) is 4.40 Å². The van der Waals surface area contributed by atoms with Gasteiger partial charge in [-0.3, -0.25) is 4.79 Å². The van der Waals surface area contributed by atoms with Crippen LogP contribution in [0.4, 0.5) is 0 Å². The summed E-state index contributed by atoms with van der Waals surface area (Å²) in [6.07, 6.45) is 4.36. The molecule has 104 valence electrons. The van der Waals surface area contributed by atoms with E-state index >= 15 is 0 Å². The number of nitrogens with zero attached hydrogens (tertiary/aromatic N) is 4. The van der Waals surface area contributed by atoms with Gasteiger partial charge >= 0.3 is 0 Å². The van der Waals surface area contributed by atoms with E-state index in [4.69, 9.17) is 5.73 Å². The second-order valence-electron chi connectivity index (χ2n) is 5.58. The summed E-state index contributed by atoms with van der Waals surface area (Å²) in [5.41, 5.74) is 5.09. The van der Waals surface area contributed by atoms with E-state index in [0.29, 0.717) is 18.5 Å². The summed E-state index contributed by atoms with van der Waals surface area (Å²) in [6, 6.07) is 0. The quantitative estimate of drug-likeness (QED) is 0.793. The molecule has 1 unspecified atom stereocenters. The van der Waals surface area contributed by atoms with Gasteiger partial charge in [0.15, 0.2) is 0 Å². The maximum atomic E-state index is 11.7. The molecule has 0 saturated heterocycles. The Morgan fingerprint density at radius 1 is 1.58 bits per heavy atom. The van der Waals surface area contributed by atoms with Crippen molar-refractivity contribution in [2.45, 2.75) is 43.9 Å². The summed E-state index contributed by atoms with van der Waals surface area (Å²) in [7, 11) is -1.34. The molecule has 1 fully saturated rings. The molecule has 1 atom stereocenters. The lowest BCUT2D eigenvalue weighted by Crippen LogP contribution is -2.34. The Kier molecular flexibility index (Phi) is 3.29. The summed E-state index contributed by atoms with van der Waals surface area (Å²) in [5.74, 6) is -0.404. The molecule has 19 heavy (non-hydrogen) atoms. The molecule has 1 aromatic heterocycles. The summed E-state index contributed by atoms with van der Waals surface area (Å²) >= 11 is 0. The first-order valence-corrected chi connectivity index (χ1v) is 7.05. The van der Waals surface area contributed by atoms with Gasteiger partial charge in [0.05, 0.1) is 17.2 Å². The number of hydrogen-bond donors (Lipinski definition) is 1. The highest BCUT2D eigenvalue weighted by molar-refractivity contribution is 7.85. The first kappa shape index (κ1) is 13.9. The molecule has 1 saturated carbocycles. The lowest BCUT2D eigenvalue weighted by Gasteiger charge is -2.12. The fourth-order valence-corrected chi connectivity index (χ4v) is 2.03. The molecule has 0 aliphatic heterocycles. The topological polar surface area (TPSA) is 103 Å². The lowest BCUT2D eigenvalue weighted by atomic mass is 10.2. The normalized spacial score (nSPS) is 19.5. The van der Waals surface area contributed by atoms with Crippen molar-refractivity contribution in [3.05, 3.63) is 11.9 Å². The highest BCUT2D eigenvalue weighted by Crippen LogP contribution is 2.42. The smallest absolute Gasteiger partial charge is 0.245 e. The Bertz CT molecular complexity index is 554. The molecular formula is C11H17N5O2S. The molecule has 2 rings (SSSR count). The number of amides is 1. The summed E-state index contributed by atoms with van der Waals surface area (Å²) in [6.45, 7) is 5.51.